The van der Waals surface area contributed by atoms with E-state index in [1.165, 1.54) is 11.3 Å². The second kappa shape index (κ2) is 9.19. The van der Waals surface area contributed by atoms with Crippen LogP contribution in [0.5, 0.6) is 0 Å². The number of nitrogens with one attached hydrogen (secondary N) is 2. The maximum atomic E-state index is 13.3. The number of hydrogen-bond donors (Lipinski definition) is 4. The van der Waals surface area contributed by atoms with Crippen LogP contribution in [0.3, 0.4) is 0 Å². The van der Waals surface area contributed by atoms with Crippen molar-refractivity contribution in [1.82, 2.24) is 19.8 Å². The van der Waals surface area contributed by atoms with E-state index >= 15 is 0 Å². The highest BCUT2D eigenvalue weighted by Crippen LogP contribution is 2.43. The van der Waals surface area contributed by atoms with Crippen LogP contribution in [-0.4, -0.2) is 63.0 Å². The first-order valence-electron chi connectivity index (χ1n) is 12.9. The zero-order valence-corrected chi connectivity index (χ0v) is 21.0. The summed E-state index contributed by atoms with van der Waals surface area (Å²) in [6, 6.07) is -0.0488. The molecule has 2 aromatic heterocycles. The number of thiophene rings is 1. The third-order valence-corrected chi connectivity index (χ3v) is 8.98. The molecule has 3 amide bonds. The maximum Gasteiger partial charge on any atom is 0.276 e. The molecule has 1 aliphatic heterocycles. The SMILES string of the molecule is Nc1c(C(=O)N2CC[C@@H](O)C2)ncn1[C@H]1CCc2sc(NC(=O)C3CC3)c(C(=O)NCC3CC3)c2C1. The number of amides is 3. The quantitative estimate of drug-likeness (QED) is 0.447. The van der Waals surface area contributed by atoms with Crippen molar-refractivity contribution in [3.05, 3.63) is 28.0 Å². The van der Waals surface area contributed by atoms with Crippen LogP contribution in [0.25, 0.3) is 0 Å². The number of nitrogens with zero attached hydrogens (tertiary/aromatic N) is 3. The van der Waals surface area contributed by atoms with E-state index in [-0.39, 0.29) is 35.4 Å². The minimum absolute atomic E-state index is 0.00423. The number of anilines is 2. The number of hydrogen-bond acceptors (Lipinski definition) is 7. The summed E-state index contributed by atoms with van der Waals surface area (Å²) < 4.78 is 1.84. The highest BCUT2D eigenvalue weighted by molar-refractivity contribution is 7.17. The molecule has 0 radical (unpaired) electrons. The van der Waals surface area contributed by atoms with E-state index in [2.05, 4.69) is 15.6 Å². The van der Waals surface area contributed by atoms with Crippen molar-refractivity contribution in [1.29, 1.82) is 0 Å². The number of aliphatic hydroxyl groups is 1. The molecule has 11 heteroatoms. The molecule has 2 saturated carbocycles. The van der Waals surface area contributed by atoms with E-state index in [0.29, 0.717) is 54.8 Å². The molecule has 5 N–H and O–H groups in total. The lowest BCUT2D eigenvalue weighted by Gasteiger charge is -2.25. The van der Waals surface area contributed by atoms with E-state index in [0.717, 1.165) is 49.0 Å². The predicted molar refractivity (Wildman–Crippen MR) is 135 cm³/mol. The third kappa shape index (κ3) is 4.50. The number of aromatic nitrogens is 2. The zero-order chi connectivity index (χ0) is 25.0. The number of aliphatic hydroxyl groups excluding tert-OH is 1. The van der Waals surface area contributed by atoms with Gasteiger partial charge in [0.15, 0.2) is 5.69 Å². The molecule has 3 heterocycles. The van der Waals surface area contributed by atoms with Crippen LogP contribution in [0.1, 0.15) is 75.9 Å². The Morgan fingerprint density at radius 2 is 1.97 bits per heavy atom. The lowest BCUT2D eigenvalue weighted by Crippen LogP contribution is -2.31. The first kappa shape index (κ1) is 23.5. The first-order chi connectivity index (χ1) is 17.4. The minimum atomic E-state index is -0.508. The summed E-state index contributed by atoms with van der Waals surface area (Å²) in [5.41, 5.74) is 8.16. The van der Waals surface area contributed by atoms with Gasteiger partial charge in [0.25, 0.3) is 11.8 Å². The van der Waals surface area contributed by atoms with Crippen molar-refractivity contribution in [2.75, 3.05) is 30.7 Å². The normalized spacial score (nSPS) is 23.4. The summed E-state index contributed by atoms with van der Waals surface area (Å²) in [7, 11) is 0. The average molecular weight is 513 g/mol. The molecule has 6 rings (SSSR count). The summed E-state index contributed by atoms with van der Waals surface area (Å²) in [6.45, 7) is 1.44. The molecule has 36 heavy (non-hydrogen) atoms. The van der Waals surface area contributed by atoms with Gasteiger partial charge in [0, 0.05) is 36.5 Å². The molecule has 0 aromatic carbocycles. The van der Waals surface area contributed by atoms with Gasteiger partial charge in [-0.2, -0.15) is 0 Å². The number of carbonyl (C=O) groups is 3. The maximum absolute atomic E-state index is 13.3. The van der Waals surface area contributed by atoms with Crippen molar-refractivity contribution in [3.63, 3.8) is 0 Å². The second-order valence-electron chi connectivity index (χ2n) is 10.6. The summed E-state index contributed by atoms with van der Waals surface area (Å²) in [5, 5.41) is 16.6. The lowest BCUT2D eigenvalue weighted by atomic mass is 9.91. The molecule has 192 valence electrons. The van der Waals surface area contributed by atoms with Gasteiger partial charge in [-0.1, -0.05) is 0 Å². The molecule has 3 fully saturated rings. The molecule has 10 nitrogen and oxygen atoms in total. The van der Waals surface area contributed by atoms with Crippen molar-refractivity contribution in [2.24, 2.45) is 11.8 Å². The number of carbonyl (C=O) groups excluding carboxylic acids is 3. The molecule has 4 aliphatic rings. The number of nitrogen functional groups attached to an aromatic ring is 1. The van der Waals surface area contributed by atoms with Gasteiger partial charge >= 0.3 is 0 Å². The molecule has 2 atom stereocenters. The number of likely N-dealkylation sites (tertiary alicyclic amines) is 1. The van der Waals surface area contributed by atoms with Gasteiger partial charge in [-0.15, -0.1) is 11.3 Å². The van der Waals surface area contributed by atoms with Crippen molar-refractivity contribution in [2.45, 2.75) is 63.5 Å². The van der Waals surface area contributed by atoms with E-state index in [1.54, 1.807) is 11.2 Å². The monoisotopic (exact) mass is 512 g/mol. The molecule has 0 unspecified atom stereocenters. The Bertz CT molecular complexity index is 1210. The highest BCUT2D eigenvalue weighted by atomic mass is 32.1. The molecule has 1 saturated heterocycles. The lowest BCUT2D eigenvalue weighted by molar-refractivity contribution is -0.117. The van der Waals surface area contributed by atoms with Gasteiger partial charge < -0.3 is 30.9 Å². The van der Waals surface area contributed by atoms with Crippen molar-refractivity contribution in [3.8, 4) is 0 Å². The smallest absolute Gasteiger partial charge is 0.276 e. The van der Waals surface area contributed by atoms with Gasteiger partial charge in [0.1, 0.15) is 10.8 Å². The van der Waals surface area contributed by atoms with Crippen LogP contribution >= 0.6 is 11.3 Å². The molecule has 3 aliphatic carbocycles. The Morgan fingerprint density at radius 3 is 2.67 bits per heavy atom. The van der Waals surface area contributed by atoms with Crippen LogP contribution in [0.2, 0.25) is 0 Å². The van der Waals surface area contributed by atoms with Crippen LogP contribution in [0, 0.1) is 11.8 Å². The number of nitrogens with two attached hydrogens (primary N) is 1. The number of fused-ring (bicyclic) bond motifs is 1. The van der Waals surface area contributed by atoms with E-state index in [9.17, 15) is 19.5 Å². The van der Waals surface area contributed by atoms with Gasteiger partial charge in [-0.25, -0.2) is 4.98 Å². The average Bonchev–Trinajstić information content (AvgIpc) is 3.77. The fourth-order valence-electron chi connectivity index (χ4n) is 5.24. The van der Waals surface area contributed by atoms with Crippen LogP contribution in [0.4, 0.5) is 10.8 Å². The third-order valence-electron chi connectivity index (χ3n) is 7.77. The molecule has 2 aromatic rings. The minimum Gasteiger partial charge on any atom is -0.391 e. The van der Waals surface area contributed by atoms with Gasteiger partial charge in [-0.3, -0.25) is 14.4 Å². The Labute approximate surface area is 213 Å². The molecule has 0 bridgehead atoms. The Morgan fingerprint density at radius 1 is 1.17 bits per heavy atom. The predicted octanol–water partition coefficient (Wildman–Crippen LogP) is 1.95. The second-order valence-corrected chi connectivity index (χ2v) is 11.7. The standard InChI is InChI=1S/C25H32N6O4S/c26-21-20(25(35)30-8-7-16(32)11-30)28-12-31(21)15-5-6-18-17(9-15)19(23(34)27-10-13-1-2-13)24(36-18)29-22(33)14-3-4-14/h12-16,32H,1-11,26H2,(H,27,34)(H,29,33)/t15-,16+/m0/s1. The number of rotatable bonds is 7. The van der Waals surface area contributed by atoms with E-state index < -0.39 is 6.10 Å². The topological polar surface area (TPSA) is 143 Å². The van der Waals surface area contributed by atoms with Gasteiger partial charge in [0.05, 0.1) is 18.0 Å². The molecular formula is C25H32N6O4S. The molecular weight excluding hydrogens is 480 g/mol. The largest absolute Gasteiger partial charge is 0.391 e. The summed E-state index contributed by atoms with van der Waals surface area (Å²) in [6.07, 6.45) is 7.88. The van der Waals surface area contributed by atoms with E-state index in [4.69, 9.17) is 5.73 Å². The van der Waals surface area contributed by atoms with Gasteiger partial charge in [0.2, 0.25) is 5.91 Å². The highest BCUT2D eigenvalue weighted by Gasteiger charge is 2.36. The Hall–Kier alpha value is -2.92. The van der Waals surface area contributed by atoms with E-state index in [1.807, 2.05) is 4.57 Å². The number of β-amino-alcohol motifs (C(OH)–C–C–N with tert-alkyl or cyclic N) is 1. The van der Waals surface area contributed by atoms with Crippen LogP contribution < -0.4 is 16.4 Å². The van der Waals surface area contributed by atoms with Crippen LogP contribution in [-0.2, 0) is 17.6 Å². The first-order valence-corrected chi connectivity index (χ1v) is 13.7. The summed E-state index contributed by atoms with van der Waals surface area (Å²) >= 11 is 1.51. The summed E-state index contributed by atoms with van der Waals surface area (Å²) in [4.78, 5) is 45.8. The summed E-state index contributed by atoms with van der Waals surface area (Å²) in [5.74, 6) is 0.521. The van der Waals surface area contributed by atoms with Crippen LogP contribution in [0.15, 0.2) is 6.33 Å². The molecule has 0 spiro atoms. The zero-order valence-electron chi connectivity index (χ0n) is 20.2. The van der Waals surface area contributed by atoms with Crippen molar-refractivity contribution >= 4 is 39.9 Å². The Balaban J connectivity index is 1.25. The Kier molecular flexibility index (Phi) is 5.99. The number of aryl methyl sites for hydroxylation is 1. The van der Waals surface area contributed by atoms with Gasteiger partial charge in [-0.05, 0) is 62.8 Å². The number of imidazole rings is 1. The fraction of sp³-hybridized carbons (Fsp3) is 0.600. The fourth-order valence-corrected chi connectivity index (χ4v) is 6.48. The van der Waals surface area contributed by atoms with Crippen molar-refractivity contribution < 1.29 is 19.5 Å².